The van der Waals surface area contributed by atoms with Crippen molar-refractivity contribution in [1.82, 2.24) is 4.90 Å². The molecule has 20 heavy (non-hydrogen) atoms. The van der Waals surface area contributed by atoms with Crippen molar-refractivity contribution >= 4 is 17.8 Å². The number of carbonyl (C=O) groups is 3. The van der Waals surface area contributed by atoms with E-state index < -0.39 is 23.7 Å². The number of carbonyl (C=O) groups excluding carboxylic acids is 2. The molecule has 0 aromatic heterocycles. The van der Waals surface area contributed by atoms with Crippen molar-refractivity contribution in [2.75, 3.05) is 20.7 Å². The summed E-state index contributed by atoms with van der Waals surface area (Å²) in [5, 5.41) is 9.17. The fraction of sp³-hybridized carbons (Fsp3) is 0.643. The molecule has 1 aliphatic carbocycles. The van der Waals surface area contributed by atoms with E-state index in [0.29, 0.717) is 12.8 Å². The number of allylic oxidation sites excluding steroid dienone is 2. The van der Waals surface area contributed by atoms with Gasteiger partial charge in [-0.15, -0.1) is 0 Å². The molecule has 6 heteroatoms. The van der Waals surface area contributed by atoms with Crippen LogP contribution in [0.5, 0.6) is 0 Å². The second kappa shape index (κ2) is 7.07. The Labute approximate surface area is 118 Å². The molecule has 112 valence electrons. The molecule has 0 aromatic carbocycles. The Balaban J connectivity index is 2.70. The summed E-state index contributed by atoms with van der Waals surface area (Å²) in [6.45, 7) is 1.89. The molecule has 0 bridgehead atoms. The summed E-state index contributed by atoms with van der Waals surface area (Å²) in [7, 11) is 2.88. The lowest BCUT2D eigenvalue weighted by molar-refractivity contribution is -0.152. The van der Waals surface area contributed by atoms with Crippen molar-refractivity contribution in [3.8, 4) is 0 Å². The van der Waals surface area contributed by atoms with E-state index >= 15 is 0 Å². The number of methoxy groups -OCH3 is 1. The van der Waals surface area contributed by atoms with E-state index in [4.69, 9.17) is 5.11 Å². The van der Waals surface area contributed by atoms with Gasteiger partial charge in [-0.1, -0.05) is 19.1 Å². The van der Waals surface area contributed by atoms with Crippen molar-refractivity contribution in [2.24, 2.45) is 17.8 Å². The molecule has 1 aliphatic rings. The predicted molar refractivity (Wildman–Crippen MR) is 71.8 cm³/mol. The van der Waals surface area contributed by atoms with Crippen molar-refractivity contribution in [1.29, 1.82) is 0 Å². The summed E-state index contributed by atoms with van der Waals surface area (Å²) < 4.78 is 4.62. The van der Waals surface area contributed by atoms with Crippen LogP contribution in [-0.2, 0) is 19.1 Å². The van der Waals surface area contributed by atoms with E-state index in [9.17, 15) is 14.4 Å². The Morgan fingerprint density at radius 1 is 1.30 bits per heavy atom. The van der Waals surface area contributed by atoms with Gasteiger partial charge in [0, 0.05) is 13.6 Å². The van der Waals surface area contributed by atoms with Gasteiger partial charge in [-0.3, -0.25) is 14.4 Å². The van der Waals surface area contributed by atoms with Crippen LogP contribution < -0.4 is 0 Å². The van der Waals surface area contributed by atoms with Crippen LogP contribution in [0.3, 0.4) is 0 Å². The highest BCUT2D eigenvalue weighted by Gasteiger charge is 2.36. The third-order valence-corrected chi connectivity index (χ3v) is 3.59. The molecule has 0 saturated carbocycles. The Bertz CT molecular complexity index is 418. The van der Waals surface area contributed by atoms with Crippen LogP contribution in [0.15, 0.2) is 12.2 Å². The van der Waals surface area contributed by atoms with E-state index in [1.807, 2.05) is 6.08 Å². The molecule has 0 saturated heterocycles. The van der Waals surface area contributed by atoms with Gasteiger partial charge in [0.1, 0.15) is 0 Å². The Morgan fingerprint density at radius 3 is 2.35 bits per heavy atom. The van der Waals surface area contributed by atoms with Gasteiger partial charge >= 0.3 is 11.9 Å². The second-order valence-electron chi connectivity index (χ2n) is 5.14. The summed E-state index contributed by atoms with van der Waals surface area (Å²) in [6.07, 6.45) is 4.41. The number of hydrogen-bond acceptors (Lipinski definition) is 4. The van der Waals surface area contributed by atoms with Crippen LogP contribution in [0.4, 0.5) is 0 Å². The van der Waals surface area contributed by atoms with Crippen molar-refractivity contribution in [3.05, 3.63) is 12.2 Å². The highest BCUT2D eigenvalue weighted by molar-refractivity contribution is 5.85. The van der Waals surface area contributed by atoms with Gasteiger partial charge in [-0.05, 0) is 12.8 Å². The minimum atomic E-state index is -0.956. The van der Waals surface area contributed by atoms with E-state index in [-0.39, 0.29) is 18.4 Å². The zero-order valence-corrected chi connectivity index (χ0v) is 12.0. The van der Waals surface area contributed by atoms with Gasteiger partial charge in [0.2, 0.25) is 5.91 Å². The summed E-state index contributed by atoms with van der Waals surface area (Å²) >= 11 is 0. The lowest BCUT2D eigenvalue weighted by Gasteiger charge is -2.29. The molecule has 1 N–H and O–H groups in total. The Morgan fingerprint density at radius 2 is 1.85 bits per heavy atom. The maximum atomic E-state index is 12.3. The van der Waals surface area contributed by atoms with Crippen molar-refractivity contribution in [3.63, 3.8) is 0 Å². The minimum absolute atomic E-state index is 0.220. The molecule has 0 aromatic rings. The first kappa shape index (κ1) is 16.2. The number of aliphatic carboxylic acids is 1. The fourth-order valence-electron chi connectivity index (χ4n) is 2.42. The third kappa shape index (κ3) is 3.82. The maximum Gasteiger partial charge on any atom is 0.310 e. The second-order valence-corrected chi connectivity index (χ2v) is 5.14. The van der Waals surface area contributed by atoms with Gasteiger partial charge in [0.25, 0.3) is 0 Å². The molecule has 1 rings (SSSR count). The smallest absolute Gasteiger partial charge is 0.310 e. The first-order valence-electron chi connectivity index (χ1n) is 6.59. The zero-order chi connectivity index (χ0) is 15.3. The standard InChI is InChI=1S/C14H21NO5/c1-9(14(19)20-3)8-15(2)12(16)10-6-4-5-7-11(10)13(17)18/h4-5,9-11H,6-8H2,1-3H3,(H,17,18). The number of carboxylic acid groups (broad SMARTS) is 1. The number of rotatable bonds is 5. The third-order valence-electron chi connectivity index (χ3n) is 3.59. The van der Waals surface area contributed by atoms with Gasteiger partial charge in [0.15, 0.2) is 0 Å². The van der Waals surface area contributed by atoms with Crippen LogP contribution in [0, 0.1) is 17.8 Å². The average Bonchev–Trinajstić information content (AvgIpc) is 2.45. The normalized spacial score (nSPS) is 22.9. The average molecular weight is 283 g/mol. The quantitative estimate of drug-likeness (QED) is 0.599. The van der Waals surface area contributed by atoms with E-state index in [1.165, 1.54) is 12.0 Å². The SMILES string of the molecule is COC(=O)C(C)CN(C)C(=O)C1CC=CCC1C(=O)O. The van der Waals surface area contributed by atoms with Crippen LogP contribution in [0.1, 0.15) is 19.8 Å². The van der Waals surface area contributed by atoms with Crippen molar-refractivity contribution in [2.45, 2.75) is 19.8 Å². The number of ether oxygens (including phenoxy) is 1. The monoisotopic (exact) mass is 283 g/mol. The van der Waals surface area contributed by atoms with Crippen molar-refractivity contribution < 1.29 is 24.2 Å². The van der Waals surface area contributed by atoms with Crippen LogP contribution in [-0.4, -0.2) is 48.6 Å². The molecule has 0 heterocycles. The Kier molecular flexibility index (Phi) is 5.73. The lowest BCUT2D eigenvalue weighted by Crippen LogP contribution is -2.42. The van der Waals surface area contributed by atoms with Gasteiger partial charge in [0.05, 0.1) is 24.9 Å². The summed E-state index contributed by atoms with van der Waals surface area (Å²) in [5.74, 6) is -3.27. The number of esters is 1. The highest BCUT2D eigenvalue weighted by Crippen LogP contribution is 2.27. The molecule has 0 spiro atoms. The summed E-state index contributed by atoms with van der Waals surface area (Å²) in [5.41, 5.74) is 0. The molecule has 3 unspecified atom stereocenters. The first-order chi connectivity index (χ1) is 9.38. The van der Waals surface area contributed by atoms with Gasteiger partial charge < -0.3 is 14.7 Å². The summed E-state index contributed by atoms with van der Waals surface area (Å²) in [4.78, 5) is 36.3. The topological polar surface area (TPSA) is 83.9 Å². The molecule has 0 radical (unpaired) electrons. The van der Waals surface area contributed by atoms with Gasteiger partial charge in [-0.25, -0.2) is 0 Å². The largest absolute Gasteiger partial charge is 0.481 e. The number of hydrogen-bond donors (Lipinski definition) is 1. The molecular formula is C14H21NO5. The summed E-state index contributed by atoms with van der Waals surface area (Å²) in [6, 6.07) is 0. The minimum Gasteiger partial charge on any atom is -0.481 e. The maximum absolute atomic E-state index is 12.3. The first-order valence-corrected chi connectivity index (χ1v) is 6.59. The highest BCUT2D eigenvalue weighted by atomic mass is 16.5. The fourth-order valence-corrected chi connectivity index (χ4v) is 2.42. The molecule has 3 atom stereocenters. The van der Waals surface area contributed by atoms with Crippen LogP contribution in [0.25, 0.3) is 0 Å². The zero-order valence-electron chi connectivity index (χ0n) is 12.0. The number of nitrogens with zero attached hydrogens (tertiary/aromatic N) is 1. The predicted octanol–water partition coefficient (Wildman–Crippen LogP) is 0.921. The molecule has 6 nitrogen and oxygen atoms in total. The molecule has 1 amide bonds. The lowest BCUT2D eigenvalue weighted by atomic mass is 9.82. The number of amides is 1. The Hall–Kier alpha value is -1.85. The van der Waals surface area contributed by atoms with Gasteiger partial charge in [-0.2, -0.15) is 0 Å². The van der Waals surface area contributed by atoms with Crippen LogP contribution >= 0.6 is 0 Å². The molecule has 0 fully saturated rings. The molecular weight excluding hydrogens is 262 g/mol. The molecule has 0 aliphatic heterocycles. The van der Waals surface area contributed by atoms with E-state index in [2.05, 4.69) is 4.74 Å². The van der Waals surface area contributed by atoms with E-state index in [0.717, 1.165) is 0 Å². The van der Waals surface area contributed by atoms with E-state index in [1.54, 1.807) is 20.0 Å². The number of carboxylic acids is 1. The van der Waals surface area contributed by atoms with Crippen LogP contribution in [0.2, 0.25) is 0 Å².